The van der Waals surface area contributed by atoms with Gasteiger partial charge < -0.3 is 10.2 Å². The molecule has 1 rings (SSSR count). The van der Waals surface area contributed by atoms with Crippen molar-refractivity contribution in [3.8, 4) is 0 Å². The zero-order valence-corrected chi connectivity index (χ0v) is 10.8. The fourth-order valence-corrected chi connectivity index (χ4v) is 1.90. The third kappa shape index (κ3) is 4.34. The largest absolute Gasteiger partial charge is 0.341 e. The maximum atomic E-state index is 11.9. The lowest BCUT2D eigenvalue weighted by Gasteiger charge is -2.29. The van der Waals surface area contributed by atoms with E-state index in [-0.39, 0.29) is 11.9 Å². The standard InChI is InChI=1S/C11H19BrN2O/c1-9(12)8-13-10(2)11(15)14-6-4-3-5-7-14/h10,13H,1,3-8H2,2H3. The van der Waals surface area contributed by atoms with Crippen molar-refractivity contribution in [1.82, 2.24) is 10.2 Å². The molecular weight excluding hydrogens is 256 g/mol. The molecule has 0 radical (unpaired) electrons. The number of halogens is 1. The van der Waals surface area contributed by atoms with Gasteiger partial charge in [0.1, 0.15) is 0 Å². The van der Waals surface area contributed by atoms with Crippen LogP contribution < -0.4 is 5.32 Å². The van der Waals surface area contributed by atoms with Crippen molar-refractivity contribution >= 4 is 21.8 Å². The molecular formula is C11H19BrN2O. The van der Waals surface area contributed by atoms with Crippen LogP contribution in [-0.2, 0) is 4.79 Å². The summed E-state index contributed by atoms with van der Waals surface area (Å²) in [6.45, 7) is 8.11. The van der Waals surface area contributed by atoms with Crippen LogP contribution in [0.25, 0.3) is 0 Å². The van der Waals surface area contributed by atoms with E-state index in [0.29, 0.717) is 6.54 Å². The first-order chi connectivity index (χ1) is 7.11. The number of nitrogens with zero attached hydrogens (tertiary/aromatic N) is 1. The molecule has 1 amide bonds. The van der Waals surface area contributed by atoms with Crippen LogP contribution in [0.15, 0.2) is 11.1 Å². The first kappa shape index (κ1) is 12.7. The number of piperidine rings is 1. The van der Waals surface area contributed by atoms with Gasteiger partial charge in [0.25, 0.3) is 0 Å². The summed E-state index contributed by atoms with van der Waals surface area (Å²) < 4.78 is 0.876. The van der Waals surface area contributed by atoms with Gasteiger partial charge in [-0.1, -0.05) is 22.5 Å². The normalized spacial score (nSPS) is 18.7. The van der Waals surface area contributed by atoms with E-state index in [1.165, 1.54) is 6.42 Å². The zero-order chi connectivity index (χ0) is 11.3. The maximum absolute atomic E-state index is 11.9. The monoisotopic (exact) mass is 274 g/mol. The van der Waals surface area contributed by atoms with Crippen LogP contribution in [0.2, 0.25) is 0 Å². The molecule has 1 aliphatic rings. The number of carbonyl (C=O) groups excluding carboxylic acids is 1. The average Bonchev–Trinajstić information content (AvgIpc) is 2.26. The SMILES string of the molecule is C=C(Br)CNC(C)C(=O)N1CCCCC1. The summed E-state index contributed by atoms with van der Waals surface area (Å²) in [4.78, 5) is 13.9. The van der Waals surface area contributed by atoms with Crippen LogP contribution in [0.1, 0.15) is 26.2 Å². The van der Waals surface area contributed by atoms with Crippen LogP contribution in [-0.4, -0.2) is 36.5 Å². The van der Waals surface area contributed by atoms with Gasteiger partial charge >= 0.3 is 0 Å². The average molecular weight is 275 g/mol. The quantitative estimate of drug-likeness (QED) is 0.849. The van der Waals surface area contributed by atoms with E-state index in [9.17, 15) is 4.79 Å². The molecule has 0 bridgehead atoms. The lowest BCUT2D eigenvalue weighted by atomic mass is 10.1. The van der Waals surface area contributed by atoms with Crippen LogP contribution in [0, 0.1) is 0 Å². The molecule has 1 N–H and O–H groups in total. The Hall–Kier alpha value is -0.350. The Morgan fingerprint density at radius 2 is 2.07 bits per heavy atom. The Labute approximate surface area is 100 Å². The molecule has 0 aromatic heterocycles. The minimum absolute atomic E-state index is 0.114. The highest BCUT2D eigenvalue weighted by Crippen LogP contribution is 2.10. The van der Waals surface area contributed by atoms with Crippen molar-refractivity contribution in [3.05, 3.63) is 11.1 Å². The summed E-state index contributed by atoms with van der Waals surface area (Å²) in [5, 5.41) is 3.14. The lowest BCUT2D eigenvalue weighted by molar-refractivity contribution is -0.133. The summed E-state index contributed by atoms with van der Waals surface area (Å²) in [5.74, 6) is 0.212. The Balaban J connectivity index is 2.33. The predicted molar refractivity (Wildman–Crippen MR) is 66.0 cm³/mol. The Bertz CT molecular complexity index is 237. The molecule has 4 heteroatoms. The molecule has 1 saturated heterocycles. The second-order valence-corrected chi connectivity index (χ2v) is 5.13. The summed E-state index contributed by atoms with van der Waals surface area (Å²) in [6.07, 6.45) is 3.54. The van der Waals surface area contributed by atoms with E-state index in [2.05, 4.69) is 27.8 Å². The van der Waals surface area contributed by atoms with Crippen molar-refractivity contribution in [3.63, 3.8) is 0 Å². The zero-order valence-electron chi connectivity index (χ0n) is 9.26. The molecule has 1 aliphatic heterocycles. The van der Waals surface area contributed by atoms with Crippen molar-refractivity contribution in [2.24, 2.45) is 0 Å². The highest BCUT2D eigenvalue weighted by Gasteiger charge is 2.21. The number of amides is 1. The summed E-state index contributed by atoms with van der Waals surface area (Å²) in [7, 11) is 0. The molecule has 0 spiro atoms. The molecule has 15 heavy (non-hydrogen) atoms. The number of likely N-dealkylation sites (tertiary alicyclic amines) is 1. The third-order valence-electron chi connectivity index (χ3n) is 2.64. The van der Waals surface area contributed by atoms with E-state index in [0.717, 1.165) is 30.4 Å². The van der Waals surface area contributed by atoms with Crippen molar-refractivity contribution in [2.75, 3.05) is 19.6 Å². The fraction of sp³-hybridized carbons (Fsp3) is 0.727. The Kier molecular flexibility index (Phi) is 5.32. The number of hydrogen-bond acceptors (Lipinski definition) is 2. The van der Waals surface area contributed by atoms with Gasteiger partial charge in [0, 0.05) is 24.1 Å². The van der Waals surface area contributed by atoms with Gasteiger partial charge in [0.05, 0.1) is 6.04 Å². The summed E-state index contributed by atoms with van der Waals surface area (Å²) in [6, 6.07) is -0.114. The Morgan fingerprint density at radius 1 is 1.47 bits per heavy atom. The first-order valence-electron chi connectivity index (χ1n) is 5.46. The van der Waals surface area contributed by atoms with E-state index in [4.69, 9.17) is 0 Å². The van der Waals surface area contributed by atoms with Crippen molar-refractivity contribution < 1.29 is 4.79 Å². The van der Waals surface area contributed by atoms with Crippen LogP contribution in [0.5, 0.6) is 0 Å². The van der Waals surface area contributed by atoms with Crippen molar-refractivity contribution in [1.29, 1.82) is 0 Å². The minimum atomic E-state index is -0.114. The molecule has 3 nitrogen and oxygen atoms in total. The number of carbonyl (C=O) groups is 1. The Morgan fingerprint density at radius 3 is 2.60 bits per heavy atom. The van der Waals surface area contributed by atoms with E-state index in [1.54, 1.807) is 0 Å². The number of nitrogens with one attached hydrogen (secondary N) is 1. The van der Waals surface area contributed by atoms with Gasteiger partial charge in [0.2, 0.25) is 5.91 Å². The van der Waals surface area contributed by atoms with Crippen LogP contribution in [0.4, 0.5) is 0 Å². The minimum Gasteiger partial charge on any atom is -0.341 e. The predicted octanol–water partition coefficient (Wildman–Crippen LogP) is 1.89. The highest BCUT2D eigenvalue weighted by molar-refractivity contribution is 9.11. The molecule has 1 atom stereocenters. The number of hydrogen-bond donors (Lipinski definition) is 1. The topological polar surface area (TPSA) is 32.3 Å². The van der Waals surface area contributed by atoms with Gasteiger partial charge in [-0.25, -0.2) is 0 Å². The molecule has 86 valence electrons. The van der Waals surface area contributed by atoms with Crippen molar-refractivity contribution in [2.45, 2.75) is 32.2 Å². The molecule has 1 fully saturated rings. The summed E-state index contributed by atoms with van der Waals surface area (Å²) >= 11 is 3.27. The van der Waals surface area contributed by atoms with Crippen LogP contribution >= 0.6 is 15.9 Å². The van der Waals surface area contributed by atoms with Gasteiger partial charge in [-0.2, -0.15) is 0 Å². The number of rotatable bonds is 4. The van der Waals surface area contributed by atoms with E-state index < -0.39 is 0 Å². The lowest BCUT2D eigenvalue weighted by Crippen LogP contribution is -2.47. The second kappa shape index (κ2) is 6.28. The van der Waals surface area contributed by atoms with Gasteiger partial charge in [-0.05, 0) is 26.2 Å². The highest BCUT2D eigenvalue weighted by atomic mass is 79.9. The maximum Gasteiger partial charge on any atom is 0.239 e. The van der Waals surface area contributed by atoms with Gasteiger partial charge in [-0.15, -0.1) is 0 Å². The molecule has 0 saturated carbocycles. The summed E-state index contributed by atoms with van der Waals surface area (Å²) in [5.41, 5.74) is 0. The van der Waals surface area contributed by atoms with Crippen LogP contribution in [0.3, 0.4) is 0 Å². The molecule has 1 heterocycles. The van der Waals surface area contributed by atoms with E-state index >= 15 is 0 Å². The third-order valence-corrected chi connectivity index (χ3v) is 2.92. The second-order valence-electron chi connectivity index (χ2n) is 4.01. The molecule has 0 aromatic rings. The first-order valence-corrected chi connectivity index (χ1v) is 6.26. The van der Waals surface area contributed by atoms with Gasteiger partial charge in [0.15, 0.2) is 0 Å². The fourth-order valence-electron chi connectivity index (χ4n) is 1.74. The van der Waals surface area contributed by atoms with E-state index in [1.807, 2.05) is 11.8 Å². The molecule has 1 unspecified atom stereocenters. The molecule has 0 aromatic carbocycles. The van der Waals surface area contributed by atoms with Gasteiger partial charge in [-0.3, -0.25) is 4.79 Å². The molecule has 0 aliphatic carbocycles. The smallest absolute Gasteiger partial charge is 0.239 e.